The highest BCUT2D eigenvalue weighted by Crippen LogP contribution is 2.28. The molecule has 0 amide bonds. The molecule has 1 N–H and O–H groups in total. The Morgan fingerprint density at radius 1 is 1.29 bits per heavy atom. The van der Waals surface area contributed by atoms with Gasteiger partial charge < -0.3 is 10.1 Å². The molecule has 1 saturated carbocycles. The van der Waals surface area contributed by atoms with Crippen LogP contribution in [0.5, 0.6) is 0 Å². The third kappa shape index (κ3) is 4.97. The van der Waals surface area contributed by atoms with Gasteiger partial charge in [-0.1, -0.05) is 26.2 Å². The van der Waals surface area contributed by atoms with Crippen molar-refractivity contribution in [1.29, 1.82) is 0 Å². The summed E-state index contributed by atoms with van der Waals surface area (Å²) in [5.41, 5.74) is -0.0111. The van der Waals surface area contributed by atoms with E-state index in [-0.39, 0.29) is 5.60 Å². The van der Waals surface area contributed by atoms with Crippen LogP contribution < -0.4 is 5.32 Å². The van der Waals surface area contributed by atoms with Gasteiger partial charge in [0.25, 0.3) is 0 Å². The Bertz CT molecular complexity index is 215. The molecule has 0 bridgehead atoms. The van der Waals surface area contributed by atoms with Crippen LogP contribution in [0.1, 0.15) is 66.2 Å². The van der Waals surface area contributed by atoms with Crippen molar-refractivity contribution in [3.8, 4) is 0 Å². The van der Waals surface area contributed by atoms with E-state index in [2.05, 4.69) is 33.0 Å². The lowest BCUT2D eigenvalue weighted by molar-refractivity contribution is 0.00642. The minimum absolute atomic E-state index is 0.0111. The molecular formula is C15H31NO. The van der Waals surface area contributed by atoms with Gasteiger partial charge in [0.05, 0.1) is 5.60 Å². The van der Waals surface area contributed by atoms with Crippen LogP contribution >= 0.6 is 0 Å². The highest BCUT2D eigenvalue weighted by atomic mass is 16.5. The van der Waals surface area contributed by atoms with Crippen LogP contribution in [-0.4, -0.2) is 24.8 Å². The molecule has 1 aliphatic rings. The van der Waals surface area contributed by atoms with Crippen molar-refractivity contribution in [3.63, 3.8) is 0 Å². The zero-order chi connectivity index (χ0) is 12.9. The monoisotopic (exact) mass is 241 g/mol. The van der Waals surface area contributed by atoms with Crippen molar-refractivity contribution in [2.45, 2.75) is 83.9 Å². The second-order valence-electron chi connectivity index (χ2n) is 6.29. The zero-order valence-electron chi connectivity index (χ0n) is 12.4. The standard InChI is InChI=1S/C15H31NO/c1-6-13-9-7-8-10-14(13)16-12(2)11-15(3,4)17-5/h12-14,16H,6-11H2,1-5H3. The molecule has 0 aromatic carbocycles. The minimum Gasteiger partial charge on any atom is -0.379 e. The van der Waals surface area contributed by atoms with Crippen molar-refractivity contribution in [2.75, 3.05) is 7.11 Å². The molecule has 2 heteroatoms. The Labute approximate surface area is 108 Å². The van der Waals surface area contributed by atoms with Gasteiger partial charge in [-0.3, -0.25) is 0 Å². The van der Waals surface area contributed by atoms with Gasteiger partial charge in [0.1, 0.15) is 0 Å². The second kappa shape index (κ2) is 6.75. The Balaban J connectivity index is 2.41. The Hall–Kier alpha value is -0.0800. The van der Waals surface area contributed by atoms with Crippen LogP contribution in [0.4, 0.5) is 0 Å². The lowest BCUT2D eigenvalue weighted by Crippen LogP contribution is -2.45. The van der Waals surface area contributed by atoms with Crippen LogP contribution in [0, 0.1) is 5.92 Å². The van der Waals surface area contributed by atoms with Crippen molar-refractivity contribution in [3.05, 3.63) is 0 Å². The second-order valence-corrected chi connectivity index (χ2v) is 6.29. The van der Waals surface area contributed by atoms with Crippen molar-refractivity contribution in [1.82, 2.24) is 5.32 Å². The lowest BCUT2D eigenvalue weighted by Gasteiger charge is -2.36. The van der Waals surface area contributed by atoms with Gasteiger partial charge in [0.15, 0.2) is 0 Å². The van der Waals surface area contributed by atoms with Gasteiger partial charge in [-0.25, -0.2) is 0 Å². The topological polar surface area (TPSA) is 21.3 Å². The summed E-state index contributed by atoms with van der Waals surface area (Å²) < 4.78 is 5.51. The summed E-state index contributed by atoms with van der Waals surface area (Å²) in [7, 11) is 1.81. The fourth-order valence-electron chi connectivity index (χ4n) is 3.16. The number of methoxy groups -OCH3 is 1. The Morgan fingerprint density at radius 3 is 2.53 bits per heavy atom. The maximum absolute atomic E-state index is 5.51. The molecule has 0 aromatic rings. The van der Waals surface area contributed by atoms with Gasteiger partial charge in [-0.05, 0) is 46.0 Å². The summed E-state index contributed by atoms with van der Waals surface area (Å²) in [5, 5.41) is 3.83. The number of nitrogens with one attached hydrogen (secondary N) is 1. The third-order valence-corrected chi connectivity index (χ3v) is 4.28. The minimum atomic E-state index is -0.0111. The number of ether oxygens (including phenoxy) is 1. The van der Waals surface area contributed by atoms with Gasteiger partial charge >= 0.3 is 0 Å². The van der Waals surface area contributed by atoms with Crippen molar-refractivity contribution >= 4 is 0 Å². The summed E-state index contributed by atoms with van der Waals surface area (Å²) in [6, 6.07) is 1.28. The predicted molar refractivity (Wildman–Crippen MR) is 74.3 cm³/mol. The van der Waals surface area contributed by atoms with Crippen LogP contribution in [0.3, 0.4) is 0 Å². The molecule has 1 fully saturated rings. The maximum atomic E-state index is 5.51. The predicted octanol–water partition coefficient (Wildman–Crippen LogP) is 3.75. The summed E-state index contributed by atoms with van der Waals surface area (Å²) in [4.78, 5) is 0. The summed E-state index contributed by atoms with van der Waals surface area (Å²) in [6.45, 7) is 8.96. The summed E-state index contributed by atoms with van der Waals surface area (Å²) in [6.07, 6.45) is 7.99. The summed E-state index contributed by atoms with van der Waals surface area (Å²) >= 11 is 0. The lowest BCUT2D eigenvalue weighted by atomic mass is 9.82. The van der Waals surface area contributed by atoms with E-state index in [1.165, 1.54) is 32.1 Å². The quantitative estimate of drug-likeness (QED) is 0.764. The molecule has 17 heavy (non-hydrogen) atoms. The van der Waals surface area contributed by atoms with E-state index < -0.39 is 0 Å². The largest absolute Gasteiger partial charge is 0.379 e. The van der Waals surface area contributed by atoms with Gasteiger partial charge in [-0.15, -0.1) is 0 Å². The number of hydrogen-bond acceptors (Lipinski definition) is 2. The molecule has 0 radical (unpaired) electrons. The fraction of sp³-hybridized carbons (Fsp3) is 1.00. The molecule has 0 aliphatic heterocycles. The number of hydrogen-bond donors (Lipinski definition) is 1. The Kier molecular flexibility index (Phi) is 5.94. The normalized spacial score (nSPS) is 28.1. The first-order valence-corrected chi connectivity index (χ1v) is 7.29. The van der Waals surface area contributed by atoms with Crippen molar-refractivity contribution < 1.29 is 4.74 Å². The highest BCUT2D eigenvalue weighted by Gasteiger charge is 2.27. The SMILES string of the molecule is CCC1CCCCC1NC(C)CC(C)(C)OC. The molecule has 3 unspecified atom stereocenters. The third-order valence-electron chi connectivity index (χ3n) is 4.28. The van der Waals surface area contributed by atoms with Crippen molar-refractivity contribution in [2.24, 2.45) is 5.92 Å². The Morgan fingerprint density at radius 2 is 1.94 bits per heavy atom. The average Bonchev–Trinajstić information content (AvgIpc) is 2.29. The molecule has 0 spiro atoms. The van der Waals surface area contributed by atoms with E-state index in [0.29, 0.717) is 6.04 Å². The zero-order valence-corrected chi connectivity index (χ0v) is 12.4. The molecule has 0 heterocycles. The van der Waals surface area contributed by atoms with Gasteiger partial charge in [0, 0.05) is 19.2 Å². The molecule has 1 rings (SSSR count). The van der Waals surface area contributed by atoms with E-state index in [9.17, 15) is 0 Å². The molecule has 102 valence electrons. The highest BCUT2D eigenvalue weighted by molar-refractivity contribution is 4.84. The summed E-state index contributed by atoms with van der Waals surface area (Å²) in [5.74, 6) is 0.886. The maximum Gasteiger partial charge on any atom is 0.0637 e. The van der Waals surface area contributed by atoms with E-state index in [4.69, 9.17) is 4.74 Å². The van der Waals surface area contributed by atoms with Crippen LogP contribution in [-0.2, 0) is 4.74 Å². The first-order valence-electron chi connectivity index (χ1n) is 7.29. The van der Waals surface area contributed by atoms with Gasteiger partial charge in [0.2, 0.25) is 0 Å². The van der Waals surface area contributed by atoms with E-state index >= 15 is 0 Å². The molecular weight excluding hydrogens is 210 g/mol. The van der Waals surface area contributed by atoms with E-state index in [1.54, 1.807) is 0 Å². The molecule has 0 aromatic heterocycles. The average molecular weight is 241 g/mol. The molecule has 1 aliphatic carbocycles. The van der Waals surface area contributed by atoms with Crippen LogP contribution in [0.2, 0.25) is 0 Å². The smallest absolute Gasteiger partial charge is 0.0637 e. The van der Waals surface area contributed by atoms with E-state index in [0.717, 1.165) is 18.4 Å². The van der Waals surface area contributed by atoms with E-state index in [1.807, 2.05) is 7.11 Å². The molecule has 2 nitrogen and oxygen atoms in total. The molecule has 3 atom stereocenters. The number of rotatable bonds is 6. The molecule has 0 saturated heterocycles. The first-order chi connectivity index (χ1) is 7.98. The van der Waals surface area contributed by atoms with Crippen LogP contribution in [0.15, 0.2) is 0 Å². The fourth-order valence-corrected chi connectivity index (χ4v) is 3.16. The first kappa shape index (κ1) is 15.0. The van der Waals surface area contributed by atoms with Crippen LogP contribution in [0.25, 0.3) is 0 Å². The van der Waals surface area contributed by atoms with Gasteiger partial charge in [-0.2, -0.15) is 0 Å².